The van der Waals surface area contributed by atoms with Crippen molar-refractivity contribution < 1.29 is 73.2 Å². The van der Waals surface area contributed by atoms with Gasteiger partial charge >= 0.3 is 16.5 Å². The number of aliphatic hydroxyl groups is 8. The van der Waals surface area contributed by atoms with Gasteiger partial charge in [-0.25, -0.2) is 15.0 Å². The monoisotopic (exact) mass is 603 g/mol. The number of rotatable bonds is 12. The van der Waals surface area contributed by atoms with Crippen LogP contribution in [0, 0.1) is 0 Å². The number of nitrogen functional groups attached to an aromatic ring is 1. The van der Waals surface area contributed by atoms with E-state index in [0.717, 1.165) is 0 Å². The van der Waals surface area contributed by atoms with Gasteiger partial charge in [-0.2, -0.15) is 0 Å². The molecule has 0 aliphatic carbocycles. The lowest BCUT2D eigenvalue weighted by atomic mass is 10.0. The van der Waals surface area contributed by atoms with Gasteiger partial charge in [0.05, 0.1) is 12.9 Å². The SMILES string of the molecule is Nc1ncnc2c1ncn2[C@@H]1O[C@H](CO[P+](=O)O[P+](=O)O)[C@@H](O)[C@H]1O.O=C[C@@H](O)[C@@H](O)[C@H](O)[C@H](O)[C@H](O)CO. The molecule has 2 unspecified atom stereocenters. The van der Waals surface area contributed by atoms with E-state index in [1.54, 1.807) is 0 Å². The molecule has 1 aliphatic rings. The molecule has 3 rings (SSSR count). The number of nitrogens with zero attached hydrogens (tertiary/aromatic N) is 4. The van der Waals surface area contributed by atoms with Crippen LogP contribution < -0.4 is 5.73 Å². The molecule has 1 saturated heterocycles. The average molecular weight is 603 g/mol. The first-order valence-electron chi connectivity index (χ1n) is 10.7. The molecule has 0 amide bonds. The van der Waals surface area contributed by atoms with E-state index in [0.29, 0.717) is 5.52 Å². The second kappa shape index (κ2) is 14.9. The van der Waals surface area contributed by atoms with Crippen LogP contribution in [0.1, 0.15) is 6.23 Å². The van der Waals surface area contributed by atoms with Crippen molar-refractivity contribution in [1.29, 1.82) is 0 Å². The number of nitrogens with two attached hydrogens (primary N) is 1. The fourth-order valence-corrected chi connectivity index (χ4v) is 4.10. The molecule has 2 aromatic rings. The van der Waals surface area contributed by atoms with E-state index < -0.39 is 84.8 Å². The molecule has 2 aromatic heterocycles. The number of carbonyl (C=O) groups excluding carboxylic acids is 1. The second-order valence-corrected chi connectivity index (χ2v) is 9.65. The molecule has 11 N–H and O–H groups in total. The summed E-state index contributed by atoms with van der Waals surface area (Å²) in [6.45, 7) is -1.26. The van der Waals surface area contributed by atoms with E-state index in [2.05, 4.69) is 19.3 Å². The predicted octanol–water partition coefficient (Wildman–Crippen LogP) is -4.65. The van der Waals surface area contributed by atoms with Crippen molar-refractivity contribution in [3.63, 3.8) is 0 Å². The normalized spacial score (nSPS) is 25.7. The number of fused-ring (bicyclic) bond motifs is 1. The molecule has 3 heterocycles. The number of imidazole rings is 1. The van der Waals surface area contributed by atoms with Crippen LogP contribution in [0.4, 0.5) is 5.82 Å². The van der Waals surface area contributed by atoms with Gasteiger partial charge in [0.2, 0.25) is 0 Å². The summed E-state index contributed by atoms with van der Waals surface area (Å²) in [4.78, 5) is 30.3. The van der Waals surface area contributed by atoms with Crippen molar-refractivity contribution in [2.24, 2.45) is 0 Å². The summed E-state index contributed by atoms with van der Waals surface area (Å²) < 4.78 is 37.3. The first-order chi connectivity index (χ1) is 18.3. The second-order valence-electron chi connectivity index (χ2n) is 7.82. The Bertz CT molecular complexity index is 1130. The van der Waals surface area contributed by atoms with Crippen molar-refractivity contribution >= 4 is 39.8 Å². The summed E-state index contributed by atoms with van der Waals surface area (Å²) in [5.41, 5.74) is 6.28. The zero-order valence-corrected chi connectivity index (χ0v) is 21.4. The van der Waals surface area contributed by atoms with Gasteiger partial charge in [-0.1, -0.05) is 0 Å². The number of aromatic nitrogens is 4. The van der Waals surface area contributed by atoms with Gasteiger partial charge in [0.1, 0.15) is 67.3 Å². The Morgan fingerprint density at radius 3 is 2.33 bits per heavy atom. The Morgan fingerprint density at radius 1 is 1.08 bits per heavy atom. The number of carbonyl (C=O) groups is 1. The fraction of sp³-hybridized carbons (Fsp3) is 0.647. The van der Waals surface area contributed by atoms with Gasteiger partial charge in [-0.3, -0.25) is 4.57 Å². The standard InChI is InChI=1S/C10H12N5O8P2.C7H14O7/c11-8-5-9(13-2-12-8)15(3-14-5)10-7(17)6(16)4(22-10)1-21-25(20)23-24(18)19;8-1-3(10)5(12)7(14)6(13)4(11)2-9/h2-4,6-7,10,16-17H,1H2,(H2-,11,12,13,18,19);1,3-7,9-14H,2H2/q+1;/p+1/t4-,6-,7-,10-;3-,4-,5-,6-,7+/m11/s1. The molecule has 0 aromatic carbocycles. The number of hydrogen-bond acceptors (Lipinski definition) is 18. The smallest absolute Gasteiger partial charge is 0.394 e. The van der Waals surface area contributed by atoms with Crippen LogP contribution in [-0.2, 0) is 27.5 Å². The van der Waals surface area contributed by atoms with E-state index in [1.165, 1.54) is 17.2 Å². The van der Waals surface area contributed by atoms with E-state index in [-0.39, 0.29) is 17.8 Å². The van der Waals surface area contributed by atoms with Gasteiger partial charge in [-0.15, -0.1) is 9.42 Å². The van der Waals surface area contributed by atoms with Crippen molar-refractivity contribution in [1.82, 2.24) is 19.5 Å². The third kappa shape index (κ3) is 8.37. The van der Waals surface area contributed by atoms with Crippen LogP contribution in [0.5, 0.6) is 0 Å². The largest absolute Gasteiger partial charge is 0.747 e. The lowest BCUT2D eigenvalue weighted by Crippen LogP contribution is -2.50. The van der Waals surface area contributed by atoms with Crippen LogP contribution in [0.2, 0.25) is 0 Å². The maximum atomic E-state index is 11.2. The van der Waals surface area contributed by atoms with Crippen molar-refractivity contribution in [3.8, 4) is 0 Å². The molecule has 1 fully saturated rings. The van der Waals surface area contributed by atoms with E-state index in [1.807, 2.05) is 0 Å². The third-order valence-corrected chi connectivity index (χ3v) is 6.70. The summed E-state index contributed by atoms with van der Waals surface area (Å²) in [6.07, 6.45) is -11.6. The predicted molar refractivity (Wildman–Crippen MR) is 123 cm³/mol. The van der Waals surface area contributed by atoms with Crippen LogP contribution in [0.25, 0.3) is 11.2 Å². The zero-order valence-electron chi connectivity index (χ0n) is 19.6. The molecule has 0 radical (unpaired) electrons. The lowest BCUT2D eigenvalue weighted by molar-refractivity contribution is -0.147. The Kier molecular flexibility index (Phi) is 12.6. The molecular weight excluding hydrogens is 576 g/mol. The minimum absolute atomic E-state index is 0.0219. The van der Waals surface area contributed by atoms with E-state index >= 15 is 0 Å². The van der Waals surface area contributed by atoms with Crippen LogP contribution in [0.15, 0.2) is 12.7 Å². The van der Waals surface area contributed by atoms with Gasteiger partial charge in [0.25, 0.3) is 0 Å². The highest BCUT2D eigenvalue weighted by Gasteiger charge is 2.47. The van der Waals surface area contributed by atoms with Gasteiger partial charge in [-0.05, 0) is 0 Å². The van der Waals surface area contributed by atoms with Gasteiger partial charge < -0.3 is 56.1 Å². The minimum Gasteiger partial charge on any atom is -0.394 e. The maximum Gasteiger partial charge on any atom is 0.747 e. The zero-order chi connectivity index (χ0) is 29.4. The maximum absolute atomic E-state index is 11.2. The Balaban J connectivity index is 0.000000326. The lowest BCUT2D eigenvalue weighted by Gasteiger charge is -2.26. The molecule has 1 aliphatic heterocycles. The van der Waals surface area contributed by atoms with Gasteiger partial charge in [0, 0.05) is 9.13 Å². The molecule has 22 heteroatoms. The summed E-state index contributed by atoms with van der Waals surface area (Å²) in [6, 6.07) is 0. The first kappa shape index (κ1) is 32.9. The number of anilines is 1. The van der Waals surface area contributed by atoms with Crippen LogP contribution in [0.3, 0.4) is 0 Å². The Labute approximate surface area is 219 Å². The van der Waals surface area contributed by atoms with E-state index in [9.17, 15) is 24.1 Å². The summed E-state index contributed by atoms with van der Waals surface area (Å²) in [5, 5.41) is 73.4. The highest BCUT2D eigenvalue weighted by Crippen LogP contribution is 2.38. The van der Waals surface area contributed by atoms with Crippen molar-refractivity contribution in [2.75, 3.05) is 18.9 Å². The number of aliphatic hydroxyl groups excluding tert-OH is 8. The first-order valence-corrected chi connectivity index (χ1v) is 12.9. The third-order valence-electron chi connectivity index (χ3n) is 5.25. The molecule has 20 nitrogen and oxygen atoms in total. The Morgan fingerprint density at radius 2 is 1.74 bits per heavy atom. The average Bonchev–Trinajstić information content (AvgIpc) is 3.46. The molecular formula is C17H27N5O15P2+2. The topological polar surface area (TPSA) is 331 Å². The van der Waals surface area contributed by atoms with E-state index in [4.69, 9.17) is 50.5 Å². The van der Waals surface area contributed by atoms with Crippen LogP contribution in [-0.4, -0.2) is 134 Å². The van der Waals surface area contributed by atoms with Crippen molar-refractivity contribution in [3.05, 3.63) is 12.7 Å². The van der Waals surface area contributed by atoms with Crippen molar-refractivity contribution in [2.45, 2.75) is 55.1 Å². The molecule has 218 valence electrons. The highest BCUT2D eigenvalue weighted by atomic mass is 31.2. The quantitative estimate of drug-likeness (QED) is 0.0805. The van der Waals surface area contributed by atoms with Crippen LogP contribution >= 0.6 is 16.5 Å². The molecule has 0 saturated carbocycles. The summed E-state index contributed by atoms with van der Waals surface area (Å²) >= 11 is 0. The summed E-state index contributed by atoms with van der Waals surface area (Å²) in [5.74, 6) is 0.143. The molecule has 0 spiro atoms. The number of hydrogen-bond donors (Lipinski definition) is 10. The van der Waals surface area contributed by atoms with Gasteiger partial charge in [0.15, 0.2) is 28.3 Å². The molecule has 11 atom stereocenters. The fourth-order valence-electron chi connectivity index (χ4n) is 3.19. The minimum atomic E-state index is -3.09. The highest BCUT2D eigenvalue weighted by molar-refractivity contribution is 7.47. The number of aldehydes is 1. The molecule has 39 heavy (non-hydrogen) atoms. The molecule has 0 bridgehead atoms. The number of ether oxygens (including phenoxy) is 1. The summed E-state index contributed by atoms with van der Waals surface area (Å²) in [7, 11) is -5.97. The Hall–Kier alpha value is -2.26.